The number of carbonyl (C=O) groups is 1. The lowest BCUT2D eigenvalue weighted by atomic mass is 9.93. The third kappa shape index (κ3) is 7.02. The fourth-order valence-electron chi connectivity index (χ4n) is 4.80. The molecule has 7 heteroatoms. The lowest BCUT2D eigenvalue weighted by molar-refractivity contribution is -0.121. The molecule has 1 saturated heterocycles. The number of likely N-dealkylation sites (N-methyl/N-ethyl adjacent to an activating group) is 1. The Labute approximate surface area is 188 Å². The summed E-state index contributed by atoms with van der Waals surface area (Å²) in [6, 6.07) is 7.72. The molecule has 174 valence electrons. The number of rotatable bonds is 9. The highest BCUT2D eigenvalue weighted by Gasteiger charge is 2.29. The third-order valence-corrected chi connectivity index (χ3v) is 8.91. The second kappa shape index (κ2) is 11.4. The number of hydrogen-bond acceptors (Lipinski definition) is 4. The van der Waals surface area contributed by atoms with Gasteiger partial charge in [0.15, 0.2) is 0 Å². The van der Waals surface area contributed by atoms with Crippen molar-refractivity contribution in [1.82, 2.24) is 14.5 Å². The molecule has 1 aromatic carbocycles. The van der Waals surface area contributed by atoms with Crippen LogP contribution in [0.15, 0.2) is 29.2 Å². The number of aryl methyl sites for hydroxylation is 1. The van der Waals surface area contributed by atoms with Gasteiger partial charge in [-0.2, -0.15) is 4.31 Å². The average Bonchev–Trinajstić information content (AvgIpc) is 2.79. The molecule has 31 heavy (non-hydrogen) atoms. The molecule has 1 amide bonds. The van der Waals surface area contributed by atoms with E-state index in [4.69, 9.17) is 0 Å². The summed E-state index contributed by atoms with van der Waals surface area (Å²) in [7, 11) is -1.25. The highest BCUT2D eigenvalue weighted by molar-refractivity contribution is 7.89. The van der Waals surface area contributed by atoms with Gasteiger partial charge in [-0.3, -0.25) is 4.79 Å². The van der Waals surface area contributed by atoms with Crippen LogP contribution in [0.25, 0.3) is 0 Å². The Hall–Kier alpha value is -1.44. The summed E-state index contributed by atoms with van der Waals surface area (Å²) in [4.78, 5) is 15.0. The van der Waals surface area contributed by atoms with Crippen molar-refractivity contribution >= 4 is 15.9 Å². The lowest BCUT2D eigenvalue weighted by Gasteiger charge is -2.31. The van der Waals surface area contributed by atoms with Gasteiger partial charge in [-0.15, -0.1) is 0 Å². The van der Waals surface area contributed by atoms with E-state index >= 15 is 0 Å². The molecule has 1 aliphatic heterocycles. The van der Waals surface area contributed by atoms with Crippen LogP contribution >= 0.6 is 0 Å². The van der Waals surface area contributed by atoms with Gasteiger partial charge in [0, 0.05) is 38.6 Å². The minimum Gasteiger partial charge on any atom is -0.355 e. The zero-order chi connectivity index (χ0) is 22.3. The maximum absolute atomic E-state index is 12.8. The molecule has 2 aliphatic rings. The van der Waals surface area contributed by atoms with Gasteiger partial charge in [0.25, 0.3) is 0 Å². The van der Waals surface area contributed by atoms with Gasteiger partial charge < -0.3 is 10.2 Å². The van der Waals surface area contributed by atoms with Crippen LogP contribution in [0.1, 0.15) is 63.4 Å². The maximum atomic E-state index is 12.8. The van der Waals surface area contributed by atoms with Gasteiger partial charge in [0.1, 0.15) is 0 Å². The molecule has 0 aromatic heterocycles. The minimum atomic E-state index is -3.41. The van der Waals surface area contributed by atoms with Crippen LogP contribution in [-0.4, -0.2) is 62.8 Å². The van der Waals surface area contributed by atoms with Crippen LogP contribution in [-0.2, 0) is 14.8 Å². The Morgan fingerprint density at radius 3 is 2.35 bits per heavy atom. The summed E-state index contributed by atoms with van der Waals surface area (Å²) < 4.78 is 27.2. The number of nitrogens with one attached hydrogen (secondary N) is 1. The molecule has 0 unspecified atom stereocenters. The van der Waals surface area contributed by atoms with Crippen molar-refractivity contribution in [1.29, 1.82) is 0 Å². The van der Waals surface area contributed by atoms with Crippen LogP contribution in [0.2, 0.25) is 0 Å². The number of nitrogens with zero attached hydrogens (tertiary/aromatic N) is 2. The fourth-order valence-corrected chi connectivity index (χ4v) is 6.27. The zero-order valence-electron chi connectivity index (χ0n) is 19.2. The first kappa shape index (κ1) is 24.2. The van der Waals surface area contributed by atoms with E-state index in [1.165, 1.54) is 32.1 Å². The van der Waals surface area contributed by atoms with Crippen molar-refractivity contribution < 1.29 is 13.2 Å². The topological polar surface area (TPSA) is 69.7 Å². The number of sulfonamides is 1. The Morgan fingerprint density at radius 1 is 1.06 bits per heavy atom. The second-order valence-electron chi connectivity index (χ2n) is 9.32. The van der Waals surface area contributed by atoms with Crippen molar-refractivity contribution in [3.8, 4) is 0 Å². The van der Waals surface area contributed by atoms with Gasteiger partial charge in [0.05, 0.1) is 4.90 Å². The zero-order valence-corrected chi connectivity index (χ0v) is 20.0. The summed E-state index contributed by atoms with van der Waals surface area (Å²) in [6.07, 6.45) is 9.58. The van der Waals surface area contributed by atoms with E-state index in [2.05, 4.69) is 17.3 Å². The number of benzene rings is 1. The molecule has 2 fully saturated rings. The maximum Gasteiger partial charge on any atom is 0.243 e. The number of amides is 1. The van der Waals surface area contributed by atoms with E-state index in [1.807, 2.05) is 19.1 Å². The van der Waals surface area contributed by atoms with E-state index in [-0.39, 0.29) is 5.91 Å². The fraction of sp³-hybridized carbons (Fsp3) is 0.708. The predicted molar refractivity (Wildman–Crippen MR) is 124 cm³/mol. The van der Waals surface area contributed by atoms with Crippen molar-refractivity contribution in [2.75, 3.05) is 33.2 Å². The van der Waals surface area contributed by atoms with E-state index < -0.39 is 10.0 Å². The summed E-state index contributed by atoms with van der Waals surface area (Å²) >= 11 is 0. The van der Waals surface area contributed by atoms with Crippen molar-refractivity contribution in [3.63, 3.8) is 0 Å². The molecule has 6 nitrogen and oxygen atoms in total. The Bertz CT molecular complexity index is 796. The molecule has 1 heterocycles. The van der Waals surface area contributed by atoms with Crippen LogP contribution < -0.4 is 5.32 Å². The van der Waals surface area contributed by atoms with Gasteiger partial charge >= 0.3 is 0 Å². The molecule has 1 N–H and O–H groups in total. The monoisotopic (exact) mass is 449 g/mol. The highest BCUT2D eigenvalue weighted by atomic mass is 32.2. The van der Waals surface area contributed by atoms with Gasteiger partial charge in [-0.05, 0) is 64.1 Å². The predicted octanol–water partition coefficient (Wildman–Crippen LogP) is 3.56. The molecule has 0 atom stereocenters. The van der Waals surface area contributed by atoms with Crippen molar-refractivity contribution in [2.45, 2.75) is 75.6 Å². The summed E-state index contributed by atoms with van der Waals surface area (Å²) in [6.45, 7) is 4.64. The van der Waals surface area contributed by atoms with Crippen molar-refractivity contribution in [3.05, 3.63) is 29.8 Å². The molecule has 0 spiro atoms. The summed E-state index contributed by atoms with van der Waals surface area (Å²) in [5, 5.41) is 3.06. The van der Waals surface area contributed by atoms with Crippen molar-refractivity contribution in [2.24, 2.45) is 5.92 Å². The Balaban J connectivity index is 1.33. The van der Waals surface area contributed by atoms with E-state index in [0.29, 0.717) is 42.9 Å². The number of carbonyl (C=O) groups excluding carboxylic acids is 1. The number of piperidine rings is 1. The lowest BCUT2D eigenvalue weighted by Crippen LogP contribution is -2.40. The molecule has 0 bridgehead atoms. The standard InChI is InChI=1S/C24H39N3O3S/c1-20-8-11-23(12-9-20)31(29,30)27-17-14-21(15-18-27)10-13-24(28)25-16-19-26(2)22-6-4-3-5-7-22/h8-9,11-12,21-22H,3-7,10,13-19H2,1-2H3,(H,25,28). The molecular formula is C24H39N3O3S. The first-order valence-corrected chi connectivity index (χ1v) is 13.3. The minimum absolute atomic E-state index is 0.117. The molecular weight excluding hydrogens is 410 g/mol. The van der Waals surface area contributed by atoms with Crippen LogP contribution in [0.5, 0.6) is 0 Å². The largest absolute Gasteiger partial charge is 0.355 e. The second-order valence-corrected chi connectivity index (χ2v) is 11.3. The quantitative estimate of drug-likeness (QED) is 0.626. The Kier molecular flexibility index (Phi) is 8.93. The first-order valence-electron chi connectivity index (χ1n) is 11.9. The molecule has 3 rings (SSSR count). The SMILES string of the molecule is Cc1ccc(S(=O)(=O)N2CCC(CCC(=O)NCCN(C)C3CCCCC3)CC2)cc1. The highest BCUT2D eigenvalue weighted by Crippen LogP contribution is 2.26. The third-order valence-electron chi connectivity index (χ3n) is 7.00. The van der Waals surface area contributed by atoms with Crippen LogP contribution in [0.3, 0.4) is 0 Å². The molecule has 0 radical (unpaired) electrons. The normalized spacial score (nSPS) is 19.6. The van der Waals surface area contributed by atoms with E-state index in [1.54, 1.807) is 16.4 Å². The Morgan fingerprint density at radius 2 is 1.71 bits per heavy atom. The summed E-state index contributed by atoms with van der Waals surface area (Å²) in [5.74, 6) is 0.534. The van der Waals surface area contributed by atoms with Gasteiger partial charge in [-0.1, -0.05) is 37.0 Å². The van der Waals surface area contributed by atoms with Gasteiger partial charge in [-0.25, -0.2) is 8.42 Å². The van der Waals surface area contributed by atoms with Crippen LogP contribution in [0, 0.1) is 12.8 Å². The smallest absolute Gasteiger partial charge is 0.243 e. The molecule has 1 aromatic rings. The van der Waals surface area contributed by atoms with E-state index in [9.17, 15) is 13.2 Å². The van der Waals surface area contributed by atoms with Crippen LogP contribution in [0.4, 0.5) is 0 Å². The van der Waals surface area contributed by atoms with Gasteiger partial charge in [0.2, 0.25) is 15.9 Å². The molecule has 1 aliphatic carbocycles. The summed E-state index contributed by atoms with van der Waals surface area (Å²) in [5.41, 5.74) is 1.05. The molecule has 1 saturated carbocycles. The average molecular weight is 450 g/mol. The van der Waals surface area contributed by atoms with E-state index in [0.717, 1.165) is 31.4 Å². The number of hydrogen-bond donors (Lipinski definition) is 1. The first-order chi connectivity index (χ1) is 14.9.